The lowest BCUT2D eigenvalue weighted by Gasteiger charge is -2.20. The molecule has 0 spiro atoms. The van der Waals surface area contributed by atoms with Crippen LogP contribution in [0.25, 0.3) is 0 Å². The Kier molecular flexibility index (Phi) is 4.42. The molecule has 1 N–H and O–H groups in total. The van der Waals surface area contributed by atoms with Gasteiger partial charge in [0.2, 0.25) is 0 Å². The lowest BCUT2D eigenvalue weighted by atomic mass is 9.88. The molecule has 1 atom stereocenters. The number of hydrogen-bond acceptors (Lipinski definition) is 2. The van der Waals surface area contributed by atoms with Crippen molar-refractivity contribution in [3.63, 3.8) is 0 Å². The Bertz CT molecular complexity index is 312. The third-order valence-corrected chi connectivity index (χ3v) is 5.08. The van der Waals surface area contributed by atoms with E-state index < -0.39 is 0 Å². The van der Waals surface area contributed by atoms with Gasteiger partial charge in [0, 0.05) is 16.4 Å². The summed E-state index contributed by atoms with van der Waals surface area (Å²) in [6.07, 6.45) is 7.62. The molecule has 2 rings (SSSR count). The molecule has 1 aromatic rings. The minimum atomic E-state index is 0.365. The van der Waals surface area contributed by atoms with Crippen LogP contribution in [0, 0.1) is 11.8 Å². The SMILES string of the molecule is CCc1ccc(CC(CO)C2CCCC2)s1. The number of aryl methyl sites for hydroxylation is 1. The Labute approximate surface area is 103 Å². The van der Waals surface area contributed by atoms with Gasteiger partial charge < -0.3 is 5.11 Å². The summed E-state index contributed by atoms with van der Waals surface area (Å²) in [5.74, 6) is 1.28. The maximum Gasteiger partial charge on any atom is 0.0465 e. The number of aliphatic hydroxyl groups excluding tert-OH is 1. The minimum absolute atomic E-state index is 0.365. The zero-order valence-corrected chi connectivity index (χ0v) is 10.9. The lowest BCUT2D eigenvalue weighted by molar-refractivity contribution is 0.176. The van der Waals surface area contributed by atoms with Crippen LogP contribution in [0.5, 0.6) is 0 Å². The second-order valence-electron chi connectivity index (χ2n) is 4.91. The summed E-state index contributed by atoms with van der Waals surface area (Å²) in [5, 5.41) is 9.52. The first kappa shape index (κ1) is 12.1. The molecule has 1 saturated carbocycles. The van der Waals surface area contributed by atoms with Crippen LogP contribution in [0.1, 0.15) is 42.4 Å². The molecule has 0 aromatic carbocycles. The molecule has 1 aliphatic carbocycles. The molecular weight excluding hydrogens is 216 g/mol. The van der Waals surface area contributed by atoms with Gasteiger partial charge in [-0.15, -0.1) is 11.3 Å². The van der Waals surface area contributed by atoms with Gasteiger partial charge in [-0.3, -0.25) is 0 Å². The van der Waals surface area contributed by atoms with Crippen LogP contribution in [0.15, 0.2) is 12.1 Å². The maximum absolute atomic E-state index is 9.52. The zero-order valence-electron chi connectivity index (χ0n) is 10.1. The van der Waals surface area contributed by atoms with Gasteiger partial charge in [0.15, 0.2) is 0 Å². The normalized spacial score (nSPS) is 19.1. The largest absolute Gasteiger partial charge is 0.396 e. The number of rotatable bonds is 5. The molecule has 0 aliphatic heterocycles. The van der Waals surface area contributed by atoms with E-state index in [9.17, 15) is 5.11 Å². The van der Waals surface area contributed by atoms with E-state index in [0.29, 0.717) is 12.5 Å². The highest BCUT2D eigenvalue weighted by Gasteiger charge is 2.24. The van der Waals surface area contributed by atoms with E-state index in [1.54, 1.807) is 0 Å². The predicted octanol–water partition coefficient (Wildman–Crippen LogP) is 3.65. The van der Waals surface area contributed by atoms with Crippen LogP contribution in [0.3, 0.4) is 0 Å². The van der Waals surface area contributed by atoms with Crippen LogP contribution in [0.2, 0.25) is 0 Å². The summed E-state index contributed by atoms with van der Waals surface area (Å²) in [6, 6.07) is 4.49. The number of thiophene rings is 1. The summed E-state index contributed by atoms with van der Waals surface area (Å²) < 4.78 is 0. The fourth-order valence-corrected chi connectivity index (χ4v) is 3.84. The Morgan fingerprint density at radius 1 is 1.31 bits per heavy atom. The van der Waals surface area contributed by atoms with E-state index in [1.807, 2.05) is 11.3 Å². The van der Waals surface area contributed by atoms with E-state index in [2.05, 4.69) is 19.1 Å². The average Bonchev–Trinajstić information content (AvgIpc) is 2.96. The Morgan fingerprint density at radius 3 is 2.56 bits per heavy atom. The van der Waals surface area contributed by atoms with E-state index in [1.165, 1.54) is 35.4 Å². The van der Waals surface area contributed by atoms with Gasteiger partial charge in [-0.2, -0.15) is 0 Å². The summed E-state index contributed by atoms with van der Waals surface area (Å²) in [5.41, 5.74) is 0. The molecule has 0 bridgehead atoms. The molecule has 0 amide bonds. The molecular formula is C14H22OS. The highest BCUT2D eigenvalue weighted by atomic mass is 32.1. The first-order valence-corrected chi connectivity index (χ1v) is 7.33. The smallest absolute Gasteiger partial charge is 0.0465 e. The molecule has 2 heteroatoms. The van der Waals surface area contributed by atoms with Crippen LogP contribution in [0.4, 0.5) is 0 Å². The molecule has 1 aliphatic rings. The van der Waals surface area contributed by atoms with Gasteiger partial charge in [-0.1, -0.05) is 32.6 Å². The molecule has 1 fully saturated rings. The quantitative estimate of drug-likeness (QED) is 0.830. The van der Waals surface area contributed by atoms with Gasteiger partial charge in [-0.25, -0.2) is 0 Å². The van der Waals surface area contributed by atoms with Crippen LogP contribution >= 0.6 is 11.3 Å². The molecule has 1 nitrogen and oxygen atoms in total. The second kappa shape index (κ2) is 5.83. The molecule has 0 saturated heterocycles. The van der Waals surface area contributed by atoms with Gasteiger partial charge in [-0.05, 0) is 36.8 Å². The molecule has 1 aromatic heterocycles. The van der Waals surface area contributed by atoms with Crippen molar-refractivity contribution in [2.75, 3.05) is 6.61 Å². The maximum atomic E-state index is 9.52. The fraction of sp³-hybridized carbons (Fsp3) is 0.714. The van der Waals surface area contributed by atoms with E-state index in [0.717, 1.165) is 18.8 Å². The Balaban J connectivity index is 1.94. The second-order valence-corrected chi connectivity index (χ2v) is 6.17. The van der Waals surface area contributed by atoms with Gasteiger partial charge in [0.25, 0.3) is 0 Å². The van der Waals surface area contributed by atoms with Crippen molar-refractivity contribution in [3.8, 4) is 0 Å². The third kappa shape index (κ3) is 2.86. The van der Waals surface area contributed by atoms with E-state index in [-0.39, 0.29) is 0 Å². The van der Waals surface area contributed by atoms with E-state index in [4.69, 9.17) is 0 Å². The fourth-order valence-electron chi connectivity index (χ4n) is 2.79. The third-order valence-electron chi connectivity index (χ3n) is 3.83. The first-order valence-electron chi connectivity index (χ1n) is 6.52. The minimum Gasteiger partial charge on any atom is -0.396 e. The summed E-state index contributed by atoms with van der Waals surface area (Å²) in [7, 11) is 0. The molecule has 1 unspecified atom stereocenters. The molecule has 0 radical (unpaired) electrons. The highest BCUT2D eigenvalue weighted by Crippen LogP contribution is 2.34. The summed E-state index contributed by atoms with van der Waals surface area (Å²) in [4.78, 5) is 2.93. The van der Waals surface area contributed by atoms with Crippen molar-refractivity contribution in [1.82, 2.24) is 0 Å². The average molecular weight is 238 g/mol. The lowest BCUT2D eigenvalue weighted by Crippen LogP contribution is -2.18. The number of hydrogen-bond donors (Lipinski definition) is 1. The number of aliphatic hydroxyl groups is 1. The van der Waals surface area contributed by atoms with Crippen LogP contribution < -0.4 is 0 Å². The molecule has 16 heavy (non-hydrogen) atoms. The zero-order chi connectivity index (χ0) is 11.4. The standard InChI is InChI=1S/C14H22OS/c1-2-13-7-8-14(16-13)9-12(10-15)11-5-3-4-6-11/h7-8,11-12,15H,2-6,9-10H2,1H3. The molecule has 1 heterocycles. The van der Waals surface area contributed by atoms with Crippen molar-refractivity contribution in [2.24, 2.45) is 11.8 Å². The van der Waals surface area contributed by atoms with Crippen molar-refractivity contribution in [2.45, 2.75) is 45.4 Å². The Hall–Kier alpha value is -0.340. The highest BCUT2D eigenvalue weighted by molar-refractivity contribution is 7.11. The van der Waals surface area contributed by atoms with E-state index >= 15 is 0 Å². The van der Waals surface area contributed by atoms with Gasteiger partial charge in [0.1, 0.15) is 0 Å². The topological polar surface area (TPSA) is 20.2 Å². The Morgan fingerprint density at radius 2 is 2.00 bits per heavy atom. The van der Waals surface area contributed by atoms with Crippen LogP contribution in [-0.4, -0.2) is 11.7 Å². The van der Waals surface area contributed by atoms with Crippen molar-refractivity contribution in [3.05, 3.63) is 21.9 Å². The van der Waals surface area contributed by atoms with Gasteiger partial charge in [0.05, 0.1) is 0 Å². The monoisotopic (exact) mass is 238 g/mol. The molecule has 90 valence electrons. The summed E-state index contributed by atoms with van der Waals surface area (Å²) >= 11 is 1.92. The predicted molar refractivity (Wildman–Crippen MR) is 69.9 cm³/mol. The van der Waals surface area contributed by atoms with Crippen LogP contribution in [-0.2, 0) is 12.8 Å². The first-order chi connectivity index (χ1) is 7.83. The van der Waals surface area contributed by atoms with Crippen molar-refractivity contribution >= 4 is 11.3 Å². The van der Waals surface area contributed by atoms with Crippen molar-refractivity contribution < 1.29 is 5.11 Å². The summed E-state index contributed by atoms with van der Waals surface area (Å²) in [6.45, 7) is 2.57. The van der Waals surface area contributed by atoms with Crippen molar-refractivity contribution in [1.29, 1.82) is 0 Å². The van der Waals surface area contributed by atoms with Gasteiger partial charge >= 0.3 is 0 Å².